The van der Waals surface area contributed by atoms with Crippen molar-refractivity contribution in [3.63, 3.8) is 0 Å². The summed E-state index contributed by atoms with van der Waals surface area (Å²) in [6.45, 7) is 0.718. The van der Waals surface area contributed by atoms with Crippen LogP contribution in [0.4, 0.5) is 11.5 Å². The predicted molar refractivity (Wildman–Crippen MR) is 88.3 cm³/mol. The van der Waals surface area contributed by atoms with Crippen LogP contribution in [-0.2, 0) is 6.54 Å². The van der Waals surface area contributed by atoms with Crippen molar-refractivity contribution in [1.29, 1.82) is 0 Å². The lowest BCUT2D eigenvalue weighted by molar-refractivity contribution is 0.0957. The molecule has 6 nitrogen and oxygen atoms in total. The number of rotatable bonds is 5. The van der Waals surface area contributed by atoms with E-state index in [9.17, 15) is 4.79 Å². The number of nitrogens with zero attached hydrogens (tertiary/aromatic N) is 4. The van der Waals surface area contributed by atoms with E-state index in [4.69, 9.17) is 0 Å². The Hall–Kier alpha value is -2.63. The molecule has 0 unspecified atom stereocenters. The number of carbonyl (C=O) groups is 1. The van der Waals surface area contributed by atoms with Gasteiger partial charge in [-0.3, -0.25) is 4.79 Å². The molecule has 0 saturated heterocycles. The number of hydrogen-bond acceptors (Lipinski definition) is 5. The van der Waals surface area contributed by atoms with Gasteiger partial charge in [-0.1, -0.05) is 12.1 Å². The maximum atomic E-state index is 11.5. The molecule has 22 heavy (non-hydrogen) atoms. The van der Waals surface area contributed by atoms with Crippen molar-refractivity contribution in [3.05, 3.63) is 47.7 Å². The Labute approximate surface area is 130 Å². The molecule has 2 rings (SSSR count). The number of amides is 1. The van der Waals surface area contributed by atoms with Crippen LogP contribution in [0.15, 0.2) is 36.4 Å². The summed E-state index contributed by atoms with van der Waals surface area (Å²) in [5.41, 5.74) is 2.66. The van der Waals surface area contributed by atoms with Gasteiger partial charge in [-0.2, -0.15) is 0 Å². The van der Waals surface area contributed by atoms with E-state index < -0.39 is 0 Å². The number of benzene rings is 1. The Bertz CT molecular complexity index is 639. The maximum absolute atomic E-state index is 11.5. The second-order valence-corrected chi connectivity index (χ2v) is 5.28. The Morgan fingerprint density at radius 1 is 1.14 bits per heavy atom. The first-order chi connectivity index (χ1) is 10.5. The third-order valence-electron chi connectivity index (χ3n) is 3.35. The molecule has 0 fully saturated rings. The molecule has 116 valence electrons. The van der Waals surface area contributed by atoms with Gasteiger partial charge in [-0.15, -0.1) is 10.2 Å². The first kappa shape index (κ1) is 15.8. The van der Waals surface area contributed by atoms with Crippen LogP contribution >= 0.6 is 0 Å². The Morgan fingerprint density at radius 2 is 1.91 bits per heavy atom. The summed E-state index contributed by atoms with van der Waals surface area (Å²) in [5, 5.41) is 10.6. The molecule has 0 spiro atoms. The molecule has 0 radical (unpaired) electrons. The molecule has 1 aromatic heterocycles. The summed E-state index contributed by atoms with van der Waals surface area (Å²) in [6.07, 6.45) is 0. The summed E-state index contributed by atoms with van der Waals surface area (Å²) in [6, 6.07) is 11.8. The van der Waals surface area contributed by atoms with Gasteiger partial charge in [0, 0.05) is 40.4 Å². The van der Waals surface area contributed by atoms with Crippen LogP contribution in [0.1, 0.15) is 16.1 Å². The summed E-state index contributed by atoms with van der Waals surface area (Å²) < 4.78 is 0. The smallest absolute Gasteiger partial charge is 0.271 e. The lowest BCUT2D eigenvalue weighted by atomic mass is 10.2. The second-order valence-electron chi connectivity index (χ2n) is 5.28. The fourth-order valence-electron chi connectivity index (χ4n) is 2.07. The fourth-order valence-corrected chi connectivity index (χ4v) is 2.07. The van der Waals surface area contributed by atoms with Crippen molar-refractivity contribution < 1.29 is 4.79 Å². The van der Waals surface area contributed by atoms with Gasteiger partial charge in [0.2, 0.25) is 0 Å². The van der Waals surface area contributed by atoms with E-state index in [-0.39, 0.29) is 5.91 Å². The van der Waals surface area contributed by atoms with E-state index in [1.165, 1.54) is 5.56 Å². The topological polar surface area (TPSA) is 61.4 Å². The number of hydrogen-bond donors (Lipinski definition) is 1. The van der Waals surface area contributed by atoms with Crippen LogP contribution in [0, 0.1) is 0 Å². The molecular formula is C16H21N5O. The van der Waals surface area contributed by atoms with Crippen LogP contribution in [-0.4, -0.2) is 44.3 Å². The molecular weight excluding hydrogens is 278 g/mol. The van der Waals surface area contributed by atoms with Gasteiger partial charge < -0.3 is 15.1 Å². The molecule has 0 aliphatic heterocycles. The van der Waals surface area contributed by atoms with Crippen molar-refractivity contribution in [1.82, 2.24) is 15.5 Å². The largest absolute Gasteiger partial charge is 0.378 e. The minimum Gasteiger partial charge on any atom is -0.378 e. The van der Waals surface area contributed by atoms with Gasteiger partial charge in [-0.25, -0.2) is 0 Å². The molecule has 2 aromatic rings. The molecule has 0 aliphatic carbocycles. The fraction of sp³-hybridized carbons (Fsp3) is 0.312. The summed E-state index contributed by atoms with van der Waals surface area (Å²) >= 11 is 0. The third kappa shape index (κ3) is 3.72. The third-order valence-corrected chi connectivity index (χ3v) is 3.35. The normalized spacial score (nSPS) is 10.2. The highest BCUT2D eigenvalue weighted by atomic mass is 16.1. The van der Waals surface area contributed by atoms with Crippen molar-refractivity contribution in [2.75, 3.05) is 38.0 Å². The first-order valence-corrected chi connectivity index (χ1v) is 7.04. The van der Waals surface area contributed by atoms with Crippen molar-refractivity contribution >= 4 is 17.4 Å². The van der Waals surface area contributed by atoms with Crippen LogP contribution in [0.5, 0.6) is 0 Å². The van der Waals surface area contributed by atoms with E-state index in [2.05, 4.69) is 38.6 Å². The number of anilines is 2. The van der Waals surface area contributed by atoms with Crippen molar-refractivity contribution in [3.8, 4) is 0 Å². The molecule has 1 N–H and O–H groups in total. The summed E-state index contributed by atoms with van der Waals surface area (Å²) in [7, 11) is 7.56. The maximum Gasteiger partial charge on any atom is 0.271 e. The van der Waals surface area contributed by atoms with Gasteiger partial charge in [0.25, 0.3) is 5.91 Å². The SMILES string of the molecule is CNC(=O)c1ccc(N(C)Cc2cccc(N(C)C)c2)nn1. The highest BCUT2D eigenvalue weighted by Crippen LogP contribution is 2.17. The lowest BCUT2D eigenvalue weighted by Gasteiger charge is -2.19. The van der Waals surface area contributed by atoms with Crippen molar-refractivity contribution in [2.45, 2.75) is 6.54 Å². The number of aromatic nitrogens is 2. The summed E-state index contributed by atoms with van der Waals surface area (Å²) in [5.74, 6) is 0.489. The van der Waals surface area contributed by atoms with Gasteiger partial charge in [0.1, 0.15) is 0 Å². The Balaban J connectivity index is 2.10. The van der Waals surface area contributed by atoms with E-state index in [1.54, 1.807) is 19.2 Å². The molecule has 0 saturated carbocycles. The van der Waals surface area contributed by atoms with E-state index in [0.717, 1.165) is 18.1 Å². The first-order valence-electron chi connectivity index (χ1n) is 7.04. The minimum absolute atomic E-state index is 0.236. The van der Waals surface area contributed by atoms with Crippen LogP contribution in [0.2, 0.25) is 0 Å². The van der Waals surface area contributed by atoms with Gasteiger partial charge in [0.05, 0.1) is 0 Å². The Morgan fingerprint density at radius 3 is 2.50 bits per heavy atom. The average molecular weight is 299 g/mol. The predicted octanol–water partition coefficient (Wildman–Crippen LogP) is 1.54. The zero-order valence-electron chi connectivity index (χ0n) is 13.4. The van der Waals surface area contributed by atoms with E-state index in [0.29, 0.717) is 5.69 Å². The number of nitrogens with one attached hydrogen (secondary N) is 1. The van der Waals surface area contributed by atoms with E-state index in [1.807, 2.05) is 32.1 Å². The molecule has 0 aliphatic rings. The van der Waals surface area contributed by atoms with Crippen LogP contribution in [0.3, 0.4) is 0 Å². The highest BCUT2D eigenvalue weighted by Gasteiger charge is 2.09. The average Bonchev–Trinajstić information content (AvgIpc) is 2.54. The van der Waals surface area contributed by atoms with Crippen LogP contribution < -0.4 is 15.1 Å². The standard InChI is InChI=1S/C16H21N5O/c1-17-16(22)14-8-9-15(19-18-14)21(4)11-12-6-5-7-13(10-12)20(2)3/h5-10H,11H2,1-4H3,(H,17,22). The molecule has 0 atom stereocenters. The molecule has 1 aromatic carbocycles. The molecule has 1 heterocycles. The lowest BCUT2D eigenvalue weighted by Crippen LogP contribution is -2.22. The molecule has 0 bridgehead atoms. The summed E-state index contributed by atoms with van der Waals surface area (Å²) in [4.78, 5) is 15.5. The zero-order valence-corrected chi connectivity index (χ0v) is 13.4. The monoisotopic (exact) mass is 299 g/mol. The second kappa shape index (κ2) is 6.89. The van der Waals surface area contributed by atoms with Gasteiger partial charge in [-0.05, 0) is 29.8 Å². The quantitative estimate of drug-likeness (QED) is 0.907. The van der Waals surface area contributed by atoms with Crippen LogP contribution in [0.25, 0.3) is 0 Å². The van der Waals surface area contributed by atoms with E-state index >= 15 is 0 Å². The zero-order chi connectivity index (χ0) is 16.1. The molecule has 1 amide bonds. The van der Waals surface area contributed by atoms with Gasteiger partial charge in [0.15, 0.2) is 11.5 Å². The van der Waals surface area contributed by atoms with Crippen molar-refractivity contribution in [2.24, 2.45) is 0 Å². The number of carbonyl (C=O) groups excluding carboxylic acids is 1. The van der Waals surface area contributed by atoms with Gasteiger partial charge >= 0.3 is 0 Å². The molecule has 6 heteroatoms. The highest BCUT2D eigenvalue weighted by molar-refractivity contribution is 5.91. The minimum atomic E-state index is -0.236. The Kier molecular flexibility index (Phi) is 4.93.